The molecule has 2 aliphatic rings. The third kappa shape index (κ3) is 4.19. The van der Waals surface area contributed by atoms with E-state index in [2.05, 4.69) is 11.0 Å². The molecule has 1 aromatic rings. The molecule has 2 saturated heterocycles. The molecule has 3 heterocycles. The number of hydrogen-bond acceptors (Lipinski definition) is 6. The molecule has 30 heavy (non-hydrogen) atoms. The van der Waals surface area contributed by atoms with Crippen molar-refractivity contribution >= 4 is 46.1 Å². The second kappa shape index (κ2) is 9.80. The quantitative estimate of drug-likeness (QED) is 0.504. The van der Waals surface area contributed by atoms with Gasteiger partial charge in [0, 0.05) is 31.7 Å². The van der Waals surface area contributed by atoms with Gasteiger partial charge in [0.1, 0.15) is 21.8 Å². The van der Waals surface area contributed by atoms with Crippen molar-refractivity contribution in [3.63, 3.8) is 0 Å². The molecular formula is C22H28N4O2S2. The van der Waals surface area contributed by atoms with Crippen molar-refractivity contribution in [1.29, 1.82) is 5.26 Å². The number of nitrogens with zero attached hydrogens (tertiary/aromatic N) is 4. The lowest BCUT2D eigenvalue weighted by atomic mass is 10.0. The van der Waals surface area contributed by atoms with Crippen LogP contribution in [0.4, 0.5) is 5.82 Å². The lowest BCUT2D eigenvalue weighted by Gasteiger charge is -2.29. The molecule has 0 bridgehead atoms. The van der Waals surface area contributed by atoms with Gasteiger partial charge in [0.25, 0.3) is 11.5 Å². The first-order valence-electron chi connectivity index (χ1n) is 10.6. The van der Waals surface area contributed by atoms with Crippen LogP contribution in [0.1, 0.15) is 62.6 Å². The Bertz CT molecular complexity index is 982. The number of rotatable bonds is 5. The summed E-state index contributed by atoms with van der Waals surface area (Å²) in [6, 6.07) is 2.10. The molecule has 160 valence electrons. The normalized spacial score (nSPS) is 18.8. The Hall–Kier alpha value is -2.11. The Balaban J connectivity index is 2.27. The highest BCUT2D eigenvalue weighted by Gasteiger charge is 2.32. The molecule has 0 N–H and O–H groups in total. The van der Waals surface area contributed by atoms with E-state index in [1.807, 2.05) is 26.8 Å². The third-order valence-corrected chi connectivity index (χ3v) is 7.04. The summed E-state index contributed by atoms with van der Waals surface area (Å²) in [5, 5.41) is 9.70. The summed E-state index contributed by atoms with van der Waals surface area (Å²) < 4.78 is 2.29. The van der Waals surface area contributed by atoms with Gasteiger partial charge in [-0.05, 0) is 44.7 Å². The topological polar surface area (TPSA) is 69.3 Å². The Kier molecular flexibility index (Phi) is 7.37. The van der Waals surface area contributed by atoms with Gasteiger partial charge in [-0.25, -0.2) is 0 Å². The second-order valence-corrected chi connectivity index (χ2v) is 9.31. The van der Waals surface area contributed by atoms with Crippen molar-refractivity contribution in [3.8, 4) is 6.07 Å². The molecule has 0 radical (unpaired) electrons. The monoisotopic (exact) mass is 444 g/mol. The molecule has 0 aliphatic carbocycles. The zero-order valence-corrected chi connectivity index (χ0v) is 19.5. The molecule has 2 aliphatic heterocycles. The summed E-state index contributed by atoms with van der Waals surface area (Å²) >= 11 is 6.65. The lowest BCUT2D eigenvalue weighted by Crippen LogP contribution is -2.35. The van der Waals surface area contributed by atoms with Gasteiger partial charge in [-0.1, -0.05) is 43.7 Å². The highest BCUT2D eigenvalue weighted by molar-refractivity contribution is 8.26. The first-order valence-corrected chi connectivity index (χ1v) is 11.8. The number of carbonyl (C=O) groups excluding carboxylic acids is 1. The Morgan fingerprint density at radius 2 is 1.83 bits per heavy atom. The maximum atomic E-state index is 13.2. The summed E-state index contributed by atoms with van der Waals surface area (Å²) in [6.45, 7) is 8.53. The molecular weight excluding hydrogens is 416 g/mol. The van der Waals surface area contributed by atoms with Crippen LogP contribution in [0, 0.1) is 18.3 Å². The number of anilines is 1. The number of nitriles is 1. The zero-order chi connectivity index (χ0) is 21.8. The van der Waals surface area contributed by atoms with Gasteiger partial charge in [-0.2, -0.15) is 5.26 Å². The summed E-state index contributed by atoms with van der Waals surface area (Å²) in [5.74, 6) is 0.725. The van der Waals surface area contributed by atoms with Crippen LogP contribution in [0.2, 0.25) is 0 Å². The highest BCUT2D eigenvalue weighted by atomic mass is 32.2. The van der Waals surface area contributed by atoms with Crippen LogP contribution < -0.4 is 10.5 Å². The molecule has 8 heteroatoms. The average molecular weight is 445 g/mol. The minimum Gasteiger partial charge on any atom is -0.357 e. The van der Waals surface area contributed by atoms with Crippen molar-refractivity contribution < 1.29 is 4.79 Å². The molecule has 0 saturated carbocycles. The maximum absolute atomic E-state index is 13.2. The molecule has 1 aromatic heterocycles. The van der Waals surface area contributed by atoms with E-state index in [4.69, 9.17) is 12.2 Å². The molecule has 0 aromatic carbocycles. The van der Waals surface area contributed by atoms with Crippen LogP contribution in [0.25, 0.3) is 6.08 Å². The van der Waals surface area contributed by atoms with Crippen molar-refractivity contribution in [3.05, 3.63) is 31.9 Å². The van der Waals surface area contributed by atoms with Gasteiger partial charge in [-0.15, -0.1) is 0 Å². The first-order chi connectivity index (χ1) is 14.4. The number of carbonyl (C=O) groups is 1. The van der Waals surface area contributed by atoms with Crippen LogP contribution in [0.5, 0.6) is 0 Å². The van der Waals surface area contributed by atoms with Gasteiger partial charge >= 0.3 is 0 Å². The van der Waals surface area contributed by atoms with Crippen LogP contribution in [-0.4, -0.2) is 39.3 Å². The van der Waals surface area contributed by atoms with Crippen LogP contribution in [0.3, 0.4) is 0 Å². The average Bonchev–Trinajstić information content (AvgIpc) is 2.90. The largest absolute Gasteiger partial charge is 0.357 e. The number of likely N-dealkylation sites (N-methyl/N-ethyl adjacent to an activating group) is 1. The van der Waals surface area contributed by atoms with E-state index in [0.29, 0.717) is 27.9 Å². The summed E-state index contributed by atoms with van der Waals surface area (Å²) in [6.07, 6.45) is 7.11. The van der Waals surface area contributed by atoms with Crippen molar-refractivity contribution in [1.82, 2.24) is 9.47 Å². The molecule has 2 fully saturated rings. The number of aromatic nitrogens is 1. The van der Waals surface area contributed by atoms with E-state index in [0.717, 1.165) is 43.7 Å². The Morgan fingerprint density at radius 3 is 2.37 bits per heavy atom. The van der Waals surface area contributed by atoms with Gasteiger partial charge in [0.2, 0.25) is 0 Å². The van der Waals surface area contributed by atoms with E-state index in [9.17, 15) is 14.9 Å². The van der Waals surface area contributed by atoms with Crippen LogP contribution >= 0.6 is 24.0 Å². The number of thiocarbonyl (C=S) groups is 1. The van der Waals surface area contributed by atoms with Crippen LogP contribution in [0.15, 0.2) is 9.70 Å². The molecule has 0 unspecified atom stereocenters. The predicted octanol–water partition coefficient (Wildman–Crippen LogP) is 4.04. The summed E-state index contributed by atoms with van der Waals surface area (Å²) in [4.78, 5) is 30.4. The number of thioether (sulfide) groups is 1. The van der Waals surface area contributed by atoms with E-state index >= 15 is 0 Å². The van der Waals surface area contributed by atoms with E-state index in [-0.39, 0.29) is 17.0 Å². The van der Waals surface area contributed by atoms with Gasteiger partial charge in [0.15, 0.2) is 0 Å². The zero-order valence-electron chi connectivity index (χ0n) is 17.9. The fraction of sp³-hybridized carbons (Fsp3) is 0.545. The van der Waals surface area contributed by atoms with Gasteiger partial charge < -0.3 is 4.90 Å². The standard InChI is InChI=1S/C22H28N4O2S2/c1-4-10-26-19(24-11-8-6-7-9-12-24)16(15(3)17(14-23)20(26)27)13-18-21(28)25(5-2)22(29)30-18/h13H,4-12H2,1-3H3/b18-13-. The number of pyridine rings is 1. The Labute approximate surface area is 187 Å². The first kappa shape index (κ1) is 22.6. The predicted molar refractivity (Wildman–Crippen MR) is 127 cm³/mol. The maximum Gasteiger partial charge on any atom is 0.270 e. The molecule has 6 nitrogen and oxygen atoms in total. The molecule has 0 spiro atoms. The van der Waals surface area contributed by atoms with Crippen molar-refractivity contribution in [2.75, 3.05) is 24.5 Å². The number of hydrogen-bond donors (Lipinski definition) is 0. The fourth-order valence-corrected chi connectivity index (χ4v) is 5.47. The summed E-state index contributed by atoms with van der Waals surface area (Å²) in [5.41, 5.74) is 1.34. The van der Waals surface area contributed by atoms with E-state index in [1.165, 1.54) is 24.6 Å². The van der Waals surface area contributed by atoms with Gasteiger partial charge in [0.05, 0.1) is 4.91 Å². The van der Waals surface area contributed by atoms with Crippen molar-refractivity contribution in [2.45, 2.75) is 59.4 Å². The lowest BCUT2D eigenvalue weighted by molar-refractivity contribution is -0.121. The summed E-state index contributed by atoms with van der Waals surface area (Å²) in [7, 11) is 0. The molecule has 1 amide bonds. The second-order valence-electron chi connectivity index (χ2n) is 7.63. The third-order valence-electron chi connectivity index (χ3n) is 5.66. The minimum absolute atomic E-state index is 0.111. The molecule has 0 atom stereocenters. The minimum atomic E-state index is -0.241. The number of amides is 1. The smallest absolute Gasteiger partial charge is 0.270 e. The van der Waals surface area contributed by atoms with E-state index in [1.54, 1.807) is 9.47 Å². The van der Waals surface area contributed by atoms with E-state index < -0.39 is 0 Å². The Morgan fingerprint density at radius 1 is 1.17 bits per heavy atom. The van der Waals surface area contributed by atoms with Gasteiger partial charge in [-0.3, -0.25) is 19.1 Å². The fourth-order valence-electron chi connectivity index (χ4n) is 4.10. The van der Waals surface area contributed by atoms with Crippen molar-refractivity contribution in [2.24, 2.45) is 0 Å². The van der Waals surface area contributed by atoms with Crippen LogP contribution in [-0.2, 0) is 11.3 Å². The highest BCUT2D eigenvalue weighted by Crippen LogP contribution is 2.36. The molecule has 3 rings (SSSR count). The SMILES string of the molecule is CCCn1c(N2CCCCCC2)c(/C=C2\SC(=S)N(CC)C2=O)c(C)c(C#N)c1=O.